The number of halogens is 1. The van der Waals surface area contributed by atoms with E-state index in [0.717, 1.165) is 6.42 Å². The van der Waals surface area contributed by atoms with Gasteiger partial charge in [-0.25, -0.2) is 19.3 Å². The molecule has 3 heterocycles. The Labute approximate surface area is 133 Å². The monoisotopic (exact) mass is 322 g/mol. The standard InChI is InChI=1S/C15H19FN4OS/c1-5-8-7-21-14-10-12(11(16)9(6-2)17-14)18-15(22-4)19-13(10)20(8)3/h8H,5-7H2,1-4H3/t8-/m0/s1. The molecule has 1 aliphatic heterocycles. The normalized spacial score (nSPS) is 17.5. The summed E-state index contributed by atoms with van der Waals surface area (Å²) in [4.78, 5) is 15.3. The second kappa shape index (κ2) is 5.87. The van der Waals surface area contributed by atoms with Gasteiger partial charge in [0.15, 0.2) is 11.0 Å². The van der Waals surface area contributed by atoms with E-state index >= 15 is 0 Å². The zero-order chi connectivity index (χ0) is 15.9. The molecule has 0 spiro atoms. The molecule has 0 unspecified atom stereocenters. The van der Waals surface area contributed by atoms with E-state index < -0.39 is 0 Å². The van der Waals surface area contributed by atoms with E-state index in [1.807, 2.05) is 25.1 Å². The second-order valence-corrected chi connectivity index (χ2v) is 6.05. The van der Waals surface area contributed by atoms with Crippen LogP contribution in [0.2, 0.25) is 0 Å². The van der Waals surface area contributed by atoms with Crippen molar-refractivity contribution in [3.05, 3.63) is 11.5 Å². The summed E-state index contributed by atoms with van der Waals surface area (Å²) in [7, 11) is 1.96. The molecule has 2 aromatic rings. The van der Waals surface area contributed by atoms with Gasteiger partial charge in [-0.2, -0.15) is 0 Å². The molecule has 118 valence electrons. The van der Waals surface area contributed by atoms with Gasteiger partial charge in [0, 0.05) is 7.05 Å². The summed E-state index contributed by atoms with van der Waals surface area (Å²) in [5.41, 5.74) is 0.691. The van der Waals surface area contributed by atoms with E-state index in [1.54, 1.807) is 0 Å². The van der Waals surface area contributed by atoms with Gasteiger partial charge >= 0.3 is 0 Å². The van der Waals surface area contributed by atoms with Crippen molar-refractivity contribution in [1.82, 2.24) is 15.0 Å². The first-order valence-electron chi connectivity index (χ1n) is 7.40. The Bertz CT molecular complexity index is 724. The molecule has 0 fully saturated rings. The molecule has 3 rings (SSSR count). The van der Waals surface area contributed by atoms with E-state index in [-0.39, 0.29) is 11.9 Å². The largest absolute Gasteiger partial charge is 0.475 e. The highest BCUT2D eigenvalue weighted by Gasteiger charge is 2.28. The molecule has 0 aliphatic carbocycles. The summed E-state index contributed by atoms with van der Waals surface area (Å²) in [6.45, 7) is 4.48. The molecule has 0 N–H and O–H groups in total. The number of hydrogen-bond acceptors (Lipinski definition) is 6. The van der Waals surface area contributed by atoms with E-state index in [1.165, 1.54) is 11.8 Å². The van der Waals surface area contributed by atoms with Crippen molar-refractivity contribution >= 4 is 28.5 Å². The number of thioether (sulfide) groups is 1. The van der Waals surface area contributed by atoms with Crippen LogP contribution in [0.5, 0.6) is 5.88 Å². The molecular formula is C15H19FN4OS. The number of anilines is 1. The van der Waals surface area contributed by atoms with Crippen molar-refractivity contribution in [2.75, 3.05) is 24.8 Å². The van der Waals surface area contributed by atoms with Gasteiger partial charge in [-0.15, -0.1) is 0 Å². The summed E-state index contributed by atoms with van der Waals surface area (Å²) >= 11 is 1.41. The number of aromatic nitrogens is 3. The zero-order valence-corrected chi connectivity index (χ0v) is 14.0. The fourth-order valence-electron chi connectivity index (χ4n) is 2.69. The highest BCUT2D eigenvalue weighted by Crippen LogP contribution is 2.37. The van der Waals surface area contributed by atoms with Crippen molar-refractivity contribution < 1.29 is 9.13 Å². The van der Waals surface area contributed by atoms with Crippen LogP contribution in [0, 0.1) is 5.82 Å². The van der Waals surface area contributed by atoms with Gasteiger partial charge in [-0.1, -0.05) is 25.6 Å². The lowest BCUT2D eigenvalue weighted by Gasteiger charge is -2.25. The van der Waals surface area contributed by atoms with E-state index in [4.69, 9.17) is 4.74 Å². The lowest BCUT2D eigenvalue weighted by atomic mass is 10.2. The molecule has 1 aliphatic rings. The maximum atomic E-state index is 14.7. The maximum absolute atomic E-state index is 14.7. The molecule has 5 nitrogen and oxygen atoms in total. The van der Waals surface area contributed by atoms with Gasteiger partial charge in [0.05, 0.1) is 11.7 Å². The number of hydrogen-bond donors (Lipinski definition) is 0. The molecule has 0 radical (unpaired) electrons. The Morgan fingerprint density at radius 2 is 2.09 bits per heavy atom. The molecule has 1 atom stereocenters. The topological polar surface area (TPSA) is 51.1 Å². The predicted octanol–water partition coefficient (Wildman–Crippen LogP) is 3.06. The van der Waals surface area contributed by atoms with Gasteiger partial charge in [-0.05, 0) is 19.1 Å². The predicted molar refractivity (Wildman–Crippen MR) is 86.4 cm³/mol. The SMILES string of the molecule is CCc1nc2c3c(nc(SC)nc3c1F)N(C)[C@@H](CC)CO2. The third-order valence-electron chi connectivity index (χ3n) is 4.06. The minimum atomic E-state index is -0.368. The molecule has 22 heavy (non-hydrogen) atoms. The highest BCUT2D eigenvalue weighted by atomic mass is 32.2. The molecule has 2 aromatic heterocycles. The Hall–Kier alpha value is -1.63. The van der Waals surface area contributed by atoms with Crippen LogP contribution in [0.4, 0.5) is 10.2 Å². The first-order valence-corrected chi connectivity index (χ1v) is 8.62. The lowest BCUT2D eigenvalue weighted by Crippen LogP contribution is -2.35. The Kier molecular flexibility index (Phi) is 4.08. The van der Waals surface area contributed by atoms with Crippen LogP contribution in [0.25, 0.3) is 10.9 Å². The van der Waals surface area contributed by atoms with Gasteiger partial charge in [0.2, 0.25) is 5.88 Å². The molecule has 0 saturated carbocycles. The summed E-state index contributed by atoms with van der Waals surface area (Å²) < 4.78 is 20.6. The summed E-state index contributed by atoms with van der Waals surface area (Å²) in [5, 5.41) is 1.13. The third kappa shape index (κ3) is 2.27. The molecular weight excluding hydrogens is 303 g/mol. The number of likely N-dealkylation sites (N-methyl/N-ethyl adjacent to an activating group) is 1. The highest BCUT2D eigenvalue weighted by molar-refractivity contribution is 7.98. The van der Waals surface area contributed by atoms with Crippen LogP contribution in [-0.2, 0) is 6.42 Å². The number of aryl methyl sites for hydroxylation is 1. The van der Waals surface area contributed by atoms with Gasteiger partial charge < -0.3 is 9.64 Å². The first kappa shape index (κ1) is 15.3. The molecule has 0 aromatic carbocycles. The molecule has 0 amide bonds. The average Bonchev–Trinajstić information content (AvgIpc) is 2.68. The van der Waals surface area contributed by atoms with Crippen molar-refractivity contribution in [1.29, 1.82) is 0 Å². The summed E-state index contributed by atoms with van der Waals surface area (Å²) in [5.74, 6) is 0.772. The minimum absolute atomic E-state index is 0.176. The van der Waals surface area contributed by atoms with Crippen LogP contribution in [0.1, 0.15) is 26.0 Å². The van der Waals surface area contributed by atoms with Crippen molar-refractivity contribution in [3.8, 4) is 5.88 Å². The van der Waals surface area contributed by atoms with Crippen molar-refractivity contribution in [3.63, 3.8) is 0 Å². The van der Waals surface area contributed by atoms with Crippen LogP contribution in [-0.4, -0.2) is 40.9 Å². The third-order valence-corrected chi connectivity index (χ3v) is 4.61. The smallest absolute Gasteiger partial charge is 0.227 e. The first-order chi connectivity index (χ1) is 10.6. The van der Waals surface area contributed by atoms with Crippen LogP contribution >= 0.6 is 11.8 Å². The van der Waals surface area contributed by atoms with Crippen molar-refractivity contribution in [2.45, 2.75) is 37.9 Å². The van der Waals surface area contributed by atoms with Crippen LogP contribution < -0.4 is 9.64 Å². The van der Waals surface area contributed by atoms with E-state index in [9.17, 15) is 4.39 Å². The minimum Gasteiger partial charge on any atom is -0.475 e. The number of ether oxygens (including phenoxy) is 1. The molecule has 0 bridgehead atoms. The fourth-order valence-corrected chi connectivity index (χ4v) is 3.05. The number of nitrogens with zero attached hydrogens (tertiary/aromatic N) is 4. The number of rotatable bonds is 3. The van der Waals surface area contributed by atoms with Gasteiger partial charge in [0.1, 0.15) is 23.3 Å². The summed E-state index contributed by atoms with van der Waals surface area (Å²) in [6.07, 6.45) is 3.30. The quantitative estimate of drug-likeness (QED) is 0.639. The second-order valence-electron chi connectivity index (χ2n) is 5.27. The number of pyridine rings is 1. The van der Waals surface area contributed by atoms with Crippen LogP contribution in [0.3, 0.4) is 0 Å². The summed E-state index contributed by atoms with van der Waals surface area (Å²) in [6, 6.07) is 0.176. The van der Waals surface area contributed by atoms with Crippen molar-refractivity contribution in [2.24, 2.45) is 0 Å². The maximum Gasteiger partial charge on any atom is 0.227 e. The van der Waals surface area contributed by atoms with E-state index in [0.29, 0.717) is 46.5 Å². The molecule has 0 saturated heterocycles. The Balaban J connectivity index is 2.37. The lowest BCUT2D eigenvalue weighted by molar-refractivity contribution is 0.278. The van der Waals surface area contributed by atoms with Gasteiger partial charge in [0.25, 0.3) is 0 Å². The fraction of sp³-hybridized carbons (Fsp3) is 0.533. The Morgan fingerprint density at radius 3 is 2.73 bits per heavy atom. The average molecular weight is 322 g/mol. The van der Waals surface area contributed by atoms with E-state index in [2.05, 4.69) is 21.9 Å². The van der Waals surface area contributed by atoms with Gasteiger partial charge in [-0.3, -0.25) is 0 Å². The zero-order valence-electron chi connectivity index (χ0n) is 13.2. The molecule has 7 heteroatoms. The Morgan fingerprint density at radius 1 is 1.32 bits per heavy atom. The van der Waals surface area contributed by atoms with Crippen LogP contribution in [0.15, 0.2) is 5.16 Å².